The van der Waals surface area contributed by atoms with Crippen LogP contribution in [0.25, 0.3) is 0 Å². The average Bonchev–Trinajstić information content (AvgIpc) is 3.23. The lowest BCUT2D eigenvalue weighted by molar-refractivity contribution is -0.870. The molecule has 0 aromatic heterocycles. The predicted molar refractivity (Wildman–Crippen MR) is 268 cm³/mol. The molecular formula is C53H108N2O6P+. The van der Waals surface area contributed by atoms with Gasteiger partial charge in [0, 0.05) is 6.42 Å². The van der Waals surface area contributed by atoms with Crippen molar-refractivity contribution in [2.75, 3.05) is 40.9 Å². The third kappa shape index (κ3) is 47.2. The highest BCUT2D eigenvalue weighted by Gasteiger charge is 2.27. The second-order valence-corrected chi connectivity index (χ2v) is 21.4. The summed E-state index contributed by atoms with van der Waals surface area (Å²) in [6.07, 6.45) is 54.9. The van der Waals surface area contributed by atoms with E-state index in [2.05, 4.69) is 19.2 Å². The summed E-state index contributed by atoms with van der Waals surface area (Å²) < 4.78 is 23.5. The molecule has 9 heteroatoms. The number of hydrogen-bond acceptors (Lipinski definition) is 5. The number of aliphatic hydroxyl groups is 1. The summed E-state index contributed by atoms with van der Waals surface area (Å²) in [6.45, 7) is 4.80. The van der Waals surface area contributed by atoms with Gasteiger partial charge in [0.2, 0.25) is 5.91 Å². The third-order valence-corrected chi connectivity index (χ3v) is 13.5. The SMILES string of the molecule is CCCCCCCC/C=C/C(O)C(COP(=O)(O)OCC[N+](C)(C)C)NC(=O)CCCCCCCCCCCCCCCCCCCCCCCCCCCCCCCCCC. The van der Waals surface area contributed by atoms with Crippen LogP contribution in [0.1, 0.15) is 271 Å². The van der Waals surface area contributed by atoms with Gasteiger partial charge in [-0.2, -0.15) is 0 Å². The Bertz CT molecular complexity index is 1020. The molecule has 0 spiro atoms. The fourth-order valence-electron chi connectivity index (χ4n) is 8.22. The number of quaternary nitrogens is 1. The zero-order valence-electron chi connectivity index (χ0n) is 42.1. The van der Waals surface area contributed by atoms with Crippen molar-refractivity contribution in [2.45, 2.75) is 283 Å². The minimum absolute atomic E-state index is 0.0642. The number of nitrogens with zero attached hydrogens (tertiary/aromatic N) is 1. The van der Waals surface area contributed by atoms with E-state index >= 15 is 0 Å². The Hall–Kier alpha value is -0.760. The summed E-state index contributed by atoms with van der Waals surface area (Å²) in [5.41, 5.74) is 0. The van der Waals surface area contributed by atoms with Gasteiger partial charge in [-0.3, -0.25) is 13.8 Å². The molecule has 0 rings (SSSR count). The normalized spacial score (nSPS) is 14.1. The first-order valence-corrected chi connectivity index (χ1v) is 28.6. The molecular weight excluding hydrogens is 792 g/mol. The third-order valence-electron chi connectivity index (χ3n) is 12.5. The second kappa shape index (κ2) is 45.4. The monoisotopic (exact) mass is 900 g/mol. The first-order chi connectivity index (χ1) is 30.0. The molecule has 0 aliphatic heterocycles. The Morgan fingerprint density at radius 3 is 1.19 bits per heavy atom. The molecule has 0 radical (unpaired) electrons. The van der Waals surface area contributed by atoms with Crippen LogP contribution in [0, 0.1) is 0 Å². The average molecular weight is 900 g/mol. The number of likely N-dealkylation sites (N-methyl/N-ethyl adjacent to an activating group) is 1. The van der Waals surface area contributed by atoms with E-state index in [1.165, 1.54) is 212 Å². The summed E-state index contributed by atoms with van der Waals surface area (Å²) in [6, 6.07) is -0.839. The maximum atomic E-state index is 12.9. The number of nitrogens with one attached hydrogen (secondary N) is 1. The lowest BCUT2D eigenvalue weighted by Gasteiger charge is -2.25. The van der Waals surface area contributed by atoms with Crippen LogP contribution in [0.3, 0.4) is 0 Å². The molecule has 0 bridgehead atoms. The van der Waals surface area contributed by atoms with Gasteiger partial charge in [0.25, 0.3) is 0 Å². The standard InChI is InChI=1S/C53H107N2O6P/c1-6-8-10-12-14-16-17-18-19-20-21-22-23-24-25-26-27-28-29-30-31-32-33-34-35-36-37-38-39-41-43-45-47-53(57)54-51(50-61-62(58,59)60-49-48-55(3,4)5)52(56)46-44-42-40-15-13-11-9-7-2/h44,46,51-52,56H,6-43,45,47-50H2,1-5H3,(H-,54,57,58,59)/p+1/b46-44+. The van der Waals surface area contributed by atoms with Crippen molar-refractivity contribution in [2.24, 2.45) is 0 Å². The van der Waals surface area contributed by atoms with E-state index in [0.717, 1.165) is 38.5 Å². The summed E-state index contributed by atoms with van der Waals surface area (Å²) in [4.78, 5) is 23.1. The van der Waals surface area contributed by atoms with Gasteiger partial charge in [-0.15, -0.1) is 0 Å². The van der Waals surface area contributed by atoms with E-state index in [-0.39, 0.29) is 19.1 Å². The summed E-state index contributed by atoms with van der Waals surface area (Å²) in [5.74, 6) is -0.175. The Labute approximate surface area is 386 Å². The number of phosphoric acid groups is 1. The van der Waals surface area contributed by atoms with E-state index in [9.17, 15) is 19.4 Å². The molecule has 62 heavy (non-hydrogen) atoms. The van der Waals surface area contributed by atoms with Crippen molar-refractivity contribution in [1.29, 1.82) is 0 Å². The second-order valence-electron chi connectivity index (χ2n) is 20.0. The van der Waals surface area contributed by atoms with E-state index in [1.54, 1.807) is 6.08 Å². The van der Waals surface area contributed by atoms with Crippen molar-refractivity contribution in [3.05, 3.63) is 12.2 Å². The van der Waals surface area contributed by atoms with E-state index < -0.39 is 20.0 Å². The Kier molecular flexibility index (Phi) is 44.8. The molecule has 3 N–H and O–H groups in total. The van der Waals surface area contributed by atoms with Crippen molar-refractivity contribution >= 4 is 13.7 Å². The molecule has 0 aromatic rings. The van der Waals surface area contributed by atoms with Crippen LogP contribution in [0.2, 0.25) is 0 Å². The highest BCUT2D eigenvalue weighted by atomic mass is 31.2. The van der Waals surface area contributed by atoms with Gasteiger partial charge in [-0.05, 0) is 19.3 Å². The zero-order valence-corrected chi connectivity index (χ0v) is 43.0. The Morgan fingerprint density at radius 1 is 0.532 bits per heavy atom. The van der Waals surface area contributed by atoms with Crippen LogP contribution in [0.5, 0.6) is 0 Å². The molecule has 0 fully saturated rings. The van der Waals surface area contributed by atoms with Crippen LogP contribution < -0.4 is 5.32 Å². The van der Waals surface area contributed by atoms with Crippen LogP contribution in [0.4, 0.5) is 0 Å². The number of unbranched alkanes of at least 4 members (excludes halogenated alkanes) is 37. The number of allylic oxidation sites excluding steroid dienone is 1. The van der Waals surface area contributed by atoms with Crippen molar-refractivity contribution in [1.82, 2.24) is 5.32 Å². The van der Waals surface area contributed by atoms with Gasteiger partial charge < -0.3 is 19.8 Å². The van der Waals surface area contributed by atoms with Crippen LogP contribution in [-0.2, 0) is 18.4 Å². The molecule has 0 saturated carbocycles. The molecule has 0 aromatic carbocycles. The molecule has 370 valence electrons. The van der Waals surface area contributed by atoms with Gasteiger partial charge >= 0.3 is 7.82 Å². The van der Waals surface area contributed by atoms with Crippen LogP contribution in [-0.4, -0.2) is 73.4 Å². The van der Waals surface area contributed by atoms with Gasteiger partial charge in [0.05, 0.1) is 39.9 Å². The maximum absolute atomic E-state index is 12.9. The molecule has 8 nitrogen and oxygen atoms in total. The number of carbonyl (C=O) groups is 1. The predicted octanol–water partition coefficient (Wildman–Crippen LogP) is 15.9. The van der Waals surface area contributed by atoms with Gasteiger partial charge in [-0.25, -0.2) is 4.57 Å². The zero-order chi connectivity index (χ0) is 45.7. The van der Waals surface area contributed by atoms with E-state index in [1.807, 2.05) is 27.2 Å². The quantitative estimate of drug-likeness (QED) is 0.0243. The number of carbonyl (C=O) groups excluding carboxylic acids is 1. The lowest BCUT2D eigenvalue weighted by atomic mass is 10.0. The number of hydrogen-bond donors (Lipinski definition) is 3. The van der Waals surface area contributed by atoms with Crippen molar-refractivity contribution in [3.8, 4) is 0 Å². The summed E-state index contributed by atoms with van der Waals surface area (Å²) in [7, 11) is 1.58. The molecule has 1 amide bonds. The first-order valence-electron chi connectivity index (χ1n) is 27.1. The maximum Gasteiger partial charge on any atom is 0.472 e. The number of aliphatic hydroxyl groups excluding tert-OH is 1. The van der Waals surface area contributed by atoms with Gasteiger partial charge in [0.1, 0.15) is 13.2 Å². The van der Waals surface area contributed by atoms with Gasteiger partial charge in [-0.1, -0.05) is 257 Å². The van der Waals surface area contributed by atoms with E-state index in [4.69, 9.17) is 9.05 Å². The molecule has 0 aliphatic carbocycles. The van der Waals surface area contributed by atoms with Crippen LogP contribution >= 0.6 is 7.82 Å². The minimum Gasteiger partial charge on any atom is -0.387 e. The highest BCUT2D eigenvalue weighted by Crippen LogP contribution is 2.43. The number of amides is 1. The molecule has 3 atom stereocenters. The van der Waals surface area contributed by atoms with Crippen LogP contribution in [0.15, 0.2) is 12.2 Å². The molecule has 0 saturated heterocycles. The highest BCUT2D eigenvalue weighted by molar-refractivity contribution is 7.47. The lowest BCUT2D eigenvalue weighted by Crippen LogP contribution is -2.45. The smallest absolute Gasteiger partial charge is 0.387 e. The molecule has 0 aliphatic rings. The Balaban J connectivity index is 3.86. The minimum atomic E-state index is -4.33. The topological polar surface area (TPSA) is 105 Å². The summed E-state index contributed by atoms with van der Waals surface area (Å²) in [5, 5.41) is 13.8. The largest absolute Gasteiger partial charge is 0.472 e. The molecule has 0 heterocycles. The first kappa shape index (κ1) is 61.2. The number of phosphoric ester groups is 1. The van der Waals surface area contributed by atoms with E-state index in [0.29, 0.717) is 17.4 Å². The summed E-state index contributed by atoms with van der Waals surface area (Å²) >= 11 is 0. The van der Waals surface area contributed by atoms with Crippen molar-refractivity contribution in [3.63, 3.8) is 0 Å². The van der Waals surface area contributed by atoms with Crippen molar-refractivity contribution < 1.29 is 32.9 Å². The van der Waals surface area contributed by atoms with Gasteiger partial charge in [0.15, 0.2) is 0 Å². The Morgan fingerprint density at radius 2 is 0.855 bits per heavy atom. The molecule has 3 unspecified atom stereocenters. The fraction of sp³-hybridized carbons (Fsp3) is 0.943. The fourth-order valence-corrected chi connectivity index (χ4v) is 8.96. The number of rotatable bonds is 50.